The largest absolute Gasteiger partial charge is 0.508 e. The average molecular weight is 355 g/mol. The number of amides is 2. The molecule has 1 fully saturated rings. The summed E-state index contributed by atoms with van der Waals surface area (Å²) in [5, 5.41) is 14.7. The number of carbonyl (C=O) groups excluding carboxylic acids is 2. The van der Waals surface area contributed by atoms with Crippen LogP contribution < -0.4 is 10.6 Å². The van der Waals surface area contributed by atoms with Gasteiger partial charge in [-0.2, -0.15) is 0 Å². The van der Waals surface area contributed by atoms with Crippen LogP contribution >= 0.6 is 11.8 Å². The van der Waals surface area contributed by atoms with Gasteiger partial charge < -0.3 is 15.7 Å². The normalized spacial score (nSPS) is 18.2. The first kappa shape index (κ1) is 17.0. The summed E-state index contributed by atoms with van der Waals surface area (Å²) in [5.74, 6) is -0.304. The van der Waals surface area contributed by atoms with Crippen molar-refractivity contribution < 1.29 is 14.7 Å². The molecule has 0 bridgehead atoms. The molecule has 1 aliphatic heterocycles. The van der Waals surface area contributed by atoms with E-state index in [1.807, 2.05) is 31.2 Å². The summed E-state index contributed by atoms with van der Waals surface area (Å²) in [5.41, 5.74) is 2.43. The number of nitrogens with zero attached hydrogens (tertiary/aromatic N) is 1. The van der Waals surface area contributed by atoms with Crippen LogP contribution in [0.5, 0.6) is 5.75 Å². The van der Waals surface area contributed by atoms with Crippen LogP contribution in [0.2, 0.25) is 0 Å². The minimum atomic E-state index is -0.513. The van der Waals surface area contributed by atoms with Crippen molar-refractivity contribution in [3.05, 3.63) is 54.1 Å². The Morgan fingerprint density at radius 2 is 1.88 bits per heavy atom. The van der Waals surface area contributed by atoms with Crippen LogP contribution in [0.15, 0.2) is 53.5 Å². The maximum atomic E-state index is 12.1. The summed E-state index contributed by atoms with van der Waals surface area (Å²) < 4.78 is 0. The zero-order chi connectivity index (χ0) is 17.8. The van der Waals surface area contributed by atoms with E-state index in [1.165, 1.54) is 23.9 Å². The smallest absolute Gasteiger partial charge is 0.240 e. The summed E-state index contributed by atoms with van der Waals surface area (Å²) in [7, 11) is 0. The first-order valence-electron chi connectivity index (χ1n) is 7.71. The van der Waals surface area contributed by atoms with Gasteiger partial charge in [0.25, 0.3) is 0 Å². The molecule has 1 aliphatic rings. The van der Waals surface area contributed by atoms with Gasteiger partial charge in [-0.15, -0.1) is 0 Å². The van der Waals surface area contributed by atoms with Crippen molar-refractivity contribution in [1.29, 1.82) is 0 Å². The summed E-state index contributed by atoms with van der Waals surface area (Å²) in [6.07, 6.45) is 0.0684. The van der Waals surface area contributed by atoms with Crippen LogP contribution in [0.1, 0.15) is 12.0 Å². The number of rotatable bonds is 4. The maximum absolute atomic E-state index is 12.1. The topological polar surface area (TPSA) is 90.8 Å². The second kappa shape index (κ2) is 7.40. The Morgan fingerprint density at radius 1 is 1.20 bits per heavy atom. The Bertz CT molecular complexity index is 816. The zero-order valence-electron chi connectivity index (χ0n) is 13.5. The lowest BCUT2D eigenvalue weighted by Gasteiger charge is -2.07. The number of hydrogen-bond donors (Lipinski definition) is 3. The van der Waals surface area contributed by atoms with Gasteiger partial charge >= 0.3 is 0 Å². The molecule has 0 saturated carbocycles. The first-order valence-corrected chi connectivity index (χ1v) is 8.59. The summed E-state index contributed by atoms with van der Waals surface area (Å²) in [6, 6.07) is 13.8. The fraction of sp³-hybridized carbons (Fsp3) is 0.167. The van der Waals surface area contributed by atoms with Crippen LogP contribution in [-0.4, -0.2) is 27.3 Å². The van der Waals surface area contributed by atoms with Gasteiger partial charge in [-0.05, 0) is 43.3 Å². The number of hydrogen-bond acceptors (Lipinski definition) is 5. The molecule has 0 unspecified atom stereocenters. The van der Waals surface area contributed by atoms with Crippen LogP contribution in [0.3, 0.4) is 0 Å². The number of nitrogens with one attached hydrogen (secondary N) is 2. The molecule has 1 atom stereocenters. The van der Waals surface area contributed by atoms with Gasteiger partial charge in [0, 0.05) is 12.1 Å². The average Bonchev–Trinajstić information content (AvgIpc) is 2.91. The quantitative estimate of drug-likeness (QED) is 0.786. The van der Waals surface area contributed by atoms with E-state index in [2.05, 4.69) is 15.6 Å². The predicted octanol–water partition coefficient (Wildman–Crippen LogP) is 2.95. The highest BCUT2D eigenvalue weighted by atomic mass is 32.2. The molecule has 2 aromatic carbocycles. The fourth-order valence-corrected chi connectivity index (χ4v) is 3.24. The number of amidine groups is 1. The highest BCUT2D eigenvalue weighted by molar-refractivity contribution is 8.15. The van der Waals surface area contributed by atoms with E-state index in [0.717, 1.165) is 5.56 Å². The molecule has 1 heterocycles. The van der Waals surface area contributed by atoms with Crippen LogP contribution in [0.4, 0.5) is 11.4 Å². The van der Waals surface area contributed by atoms with Crippen molar-refractivity contribution in [2.45, 2.75) is 18.6 Å². The Kier molecular flexibility index (Phi) is 5.04. The SMILES string of the molecule is Cc1ccc(NC(=O)C[C@@H]2SC(=Nc3ccc(O)cc3)NC2=O)cc1. The summed E-state index contributed by atoms with van der Waals surface area (Å²) in [4.78, 5) is 28.5. The fourth-order valence-electron chi connectivity index (χ4n) is 2.25. The number of aromatic hydroxyl groups is 1. The highest BCUT2D eigenvalue weighted by Crippen LogP contribution is 2.26. The minimum absolute atomic E-state index is 0.0684. The van der Waals surface area contributed by atoms with E-state index in [9.17, 15) is 14.7 Å². The number of anilines is 1. The molecule has 3 N–H and O–H groups in total. The Morgan fingerprint density at radius 3 is 2.56 bits per heavy atom. The van der Waals surface area contributed by atoms with E-state index in [4.69, 9.17) is 0 Å². The molecule has 2 aromatic rings. The van der Waals surface area contributed by atoms with Gasteiger partial charge in [0.15, 0.2) is 5.17 Å². The Balaban J connectivity index is 1.59. The minimum Gasteiger partial charge on any atom is -0.508 e. The van der Waals surface area contributed by atoms with E-state index in [-0.39, 0.29) is 24.0 Å². The molecule has 0 aliphatic carbocycles. The molecular weight excluding hydrogens is 338 g/mol. The molecule has 0 spiro atoms. The summed E-state index contributed by atoms with van der Waals surface area (Å²) in [6.45, 7) is 1.97. The van der Waals surface area contributed by atoms with Crippen molar-refractivity contribution in [1.82, 2.24) is 5.32 Å². The van der Waals surface area contributed by atoms with Crippen LogP contribution in [0, 0.1) is 6.92 Å². The molecule has 128 valence electrons. The predicted molar refractivity (Wildman–Crippen MR) is 99.1 cm³/mol. The molecule has 1 saturated heterocycles. The van der Waals surface area contributed by atoms with Crippen LogP contribution in [-0.2, 0) is 9.59 Å². The molecular formula is C18H17N3O3S. The lowest BCUT2D eigenvalue weighted by molar-refractivity contribution is -0.122. The Hall–Kier alpha value is -2.80. The van der Waals surface area contributed by atoms with Gasteiger partial charge in [-0.1, -0.05) is 29.5 Å². The molecule has 25 heavy (non-hydrogen) atoms. The maximum Gasteiger partial charge on any atom is 0.240 e. The number of benzene rings is 2. The third-order valence-electron chi connectivity index (χ3n) is 3.56. The van der Waals surface area contributed by atoms with Crippen molar-refractivity contribution in [2.24, 2.45) is 4.99 Å². The van der Waals surface area contributed by atoms with Gasteiger partial charge in [-0.25, -0.2) is 4.99 Å². The number of thioether (sulfide) groups is 1. The van der Waals surface area contributed by atoms with E-state index < -0.39 is 5.25 Å². The number of phenolic OH excluding ortho intramolecular Hbond substituents is 1. The molecule has 0 aromatic heterocycles. The lowest BCUT2D eigenvalue weighted by Crippen LogP contribution is -2.28. The molecule has 3 rings (SSSR count). The molecule has 7 heteroatoms. The van der Waals surface area contributed by atoms with Crippen molar-refractivity contribution in [3.63, 3.8) is 0 Å². The van der Waals surface area contributed by atoms with E-state index in [1.54, 1.807) is 12.1 Å². The molecule has 6 nitrogen and oxygen atoms in total. The van der Waals surface area contributed by atoms with Gasteiger partial charge in [0.1, 0.15) is 11.0 Å². The zero-order valence-corrected chi connectivity index (χ0v) is 14.3. The third-order valence-corrected chi connectivity index (χ3v) is 4.64. The standard InChI is InChI=1S/C18H17N3O3S/c1-11-2-4-12(5-3-11)19-16(23)10-15-17(24)21-18(25-15)20-13-6-8-14(22)9-7-13/h2-9,15,22H,10H2,1H3,(H,19,23)(H,20,21,24)/t15-/m0/s1. The lowest BCUT2D eigenvalue weighted by atomic mass is 10.2. The van der Waals surface area contributed by atoms with Crippen molar-refractivity contribution in [2.75, 3.05) is 5.32 Å². The number of carbonyl (C=O) groups is 2. The van der Waals surface area contributed by atoms with E-state index >= 15 is 0 Å². The van der Waals surface area contributed by atoms with Gasteiger partial charge in [0.05, 0.1) is 5.69 Å². The number of aliphatic imine (C=N–C) groups is 1. The Labute approximate surface area is 149 Å². The highest BCUT2D eigenvalue weighted by Gasteiger charge is 2.32. The second-order valence-corrected chi connectivity index (χ2v) is 6.84. The van der Waals surface area contributed by atoms with Gasteiger partial charge in [0.2, 0.25) is 11.8 Å². The van der Waals surface area contributed by atoms with Crippen LogP contribution in [0.25, 0.3) is 0 Å². The van der Waals surface area contributed by atoms with Crippen molar-refractivity contribution in [3.8, 4) is 5.75 Å². The second-order valence-electron chi connectivity index (χ2n) is 5.65. The monoisotopic (exact) mass is 355 g/mol. The number of phenols is 1. The molecule has 2 amide bonds. The summed E-state index contributed by atoms with van der Waals surface area (Å²) >= 11 is 1.23. The van der Waals surface area contributed by atoms with Gasteiger partial charge in [-0.3, -0.25) is 9.59 Å². The third kappa shape index (κ3) is 4.60. The first-order chi connectivity index (χ1) is 12.0. The van der Waals surface area contributed by atoms with Crippen molar-refractivity contribution >= 4 is 40.1 Å². The van der Waals surface area contributed by atoms with E-state index in [0.29, 0.717) is 16.5 Å². The molecule has 0 radical (unpaired) electrons. The number of aryl methyl sites for hydroxylation is 1.